The zero-order chi connectivity index (χ0) is 20.9. The van der Waals surface area contributed by atoms with Gasteiger partial charge in [-0.25, -0.2) is 4.39 Å². The molecule has 0 saturated heterocycles. The molecule has 0 aliphatic rings. The molecule has 1 heterocycles. The molecule has 2 aromatic carbocycles. The third kappa shape index (κ3) is 6.51. The quantitative estimate of drug-likeness (QED) is 0.301. The van der Waals surface area contributed by atoms with Crippen LogP contribution in [0.4, 0.5) is 9.52 Å². The van der Waals surface area contributed by atoms with Crippen LogP contribution >= 0.6 is 23.1 Å². The van der Waals surface area contributed by atoms with Gasteiger partial charge in [-0.2, -0.15) is 0 Å². The lowest BCUT2D eigenvalue weighted by Crippen LogP contribution is -2.10. The van der Waals surface area contributed by atoms with E-state index in [0.717, 1.165) is 15.5 Å². The summed E-state index contributed by atoms with van der Waals surface area (Å²) in [7, 11) is 0. The van der Waals surface area contributed by atoms with Gasteiger partial charge in [-0.15, -0.1) is 10.2 Å². The first-order valence-corrected chi connectivity index (χ1v) is 10.9. The third-order valence-electron chi connectivity index (χ3n) is 4.12. The summed E-state index contributed by atoms with van der Waals surface area (Å²) in [6.07, 6.45) is 3.26. The van der Waals surface area contributed by atoms with Crippen molar-refractivity contribution >= 4 is 40.2 Å². The van der Waals surface area contributed by atoms with E-state index < -0.39 is 0 Å². The Morgan fingerprint density at radius 1 is 1.10 bits per heavy atom. The second-order valence-electron chi connectivity index (χ2n) is 7.48. The Bertz CT molecular complexity index is 990. The molecular formula is C22H22FN3OS2. The molecule has 7 heteroatoms. The topological polar surface area (TPSA) is 54.9 Å². The molecule has 0 fully saturated rings. The SMILES string of the molecule is CC(C)(C)c1ccc(C=CC(=O)Nc2nnc(SCc3ccc(F)cc3)s2)cc1. The standard InChI is InChI=1S/C22H22FN3OS2/c1-22(2,3)17-9-4-15(5-10-17)8-13-19(27)24-20-25-26-21(29-20)28-14-16-6-11-18(23)12-7-16/h4-13H,14H2,1-3H3,(H,24,25,27). The van der Waals surface area contributed by atoms with E-state index in [1.165, 1.54) is 46.9 Å². The largest absolute Gasteiger partial charge is 0.297 e. The predicted molar refractivity (Wildman–Crippen MR) is 119 cm³/mol. The summed E-state index contributed by atoms with van der Waals surface area (Å²) in [6, 6.07) is 14.5. The van der Waals surface area contributed by atoms with Crippen molar-refractivity contribution < 1.29 is 9.18 Å². The molecule has 150 valence electrons. The number of halogens is 1. The Labute approximate surface area is 178 Å². The number of amides is 1. The van der Waals surface area contributed by atoms with Crippen LogP contribution in [0.2, 0.25) is 0 Å². The van der Waals surface area contributed by atoms with Gasteiger partial charge in [0.2, 0.25) is 11.0 Å². The number of hydrogen-bond donors (Lipinski definition) is 1. The highest BCUT2D eigenvalue weighted by atomic mass is 32.2. The maximum absolute atomic E-state index is 12.9. The Morgan fingerprint density at radius 3 is 2.45 bits per heavy atom. The van der Waals surface area contributed by atoms with Crippen LogP contribution in [0.5, 0.6) is 0 Å². The fourth-order valence-electron chi connectivity index (χ4n) is 2.46. The van der Waals surface area contributed by atoms with E-state index in [-0.39, 0.29) is 17.1 Å². The van der Waals surface area contributed by atoms with E-state index in [1.54, 1.807) is 18.2 Å². The third-order valence-corrected chi connectivity index (χ3v) is 6.16. The number of hydrogen-bond acceptors (Lipinski definition) is 5. The Balaban J connectivity index is 1.51. The zero-order valence-corrected chi connectivity index (χ0v) is 18.1. The second-order valence-corrected chi connectivity index (χ2v) is 9.68. The molecule has 3 aromatic rings. The maximum atomic E-state index is 12.9. The van der Waals surface area contributed by atoms with Crippen LogP contribution in [0.15, 0.2) is 58.9 Å². The molecule has 0 aliphatic carbocycles. The summed E-state index contributed by atoms with van der Waals surface area (Å²) in [5, 5.41) is 11.2. The highest BCUT2D eigenvalue weighted by Gasteiger charge is 2.12. The molecule has 0 radical (unpaired) electrons. The first-order chi connectivity index (χ1) is 13.8. The predicted octanol–water partition coefficient (Wildman–Crippen LogP) is 5.92. The number of rotatable bonds is 6. The van der Waals surface area contributed by atoms with Crippen LogP contribution in [0, 0.1) is 5.82 Å². The van der Waals surface area contributed by atoms with Gasteiger partial charge in [-0.3, -0.25) is 10.1 Å². The van der Waals surface area contributed by atoms with Crippen molar-refractivity contribution in [2.45, 2.75) is 36.3 Å². The van der Waals surface area contributed by atoms with Crippen molar-refractivity contribution in [1.82, 2.24) is 10.2 Å². The normalized spacial score (nSPS) is 11.7. The molecule has 4 nitrogen and oxygen atoms in total. The number of carbonyl (C=O) groups is 1. The number of nitrogens with one attached hydrogen (secondary N) is 1. The molecule has 0 bridgehead atoms. The minimum atomic E-state index is -0.254. The number of carbonyl (C=O) groups excluding carboxylic acids is 1. The summed E-state index contributed by atoms with van der Waals surface area (Å²) in [5.41, 5.74) is 3.31. The van der Waals surface area contributed by atoms with Crippen LogP contribution in [0.3, 0.4) is 0 Å². The lowest BCUT2D eigenvalue weighted by molar-refractivity contribution is -0.111. The molecule has 1 N–H and O–H groups in total. The number of benzene rings is 2. The molecule has 29 heavy (non-hydrogen) atoms. The Hall–Kier alpha value is -2.51. The fraction of sp³-hybridized carbons (Fsp3) is 0.227. The van der Waals surface area contributed by atoms with Crippen molar-refractivity contribution in [3.05, 3.63) is 77.1 Å². The molecular weight excluding hydrogens is 405 g/mol. The van der Waals surface area contributed by atoms with Gasteiger partial charge in [0.1, 0.15) is 5.82 Å². The van der Waals surface area contributed by atoms with E-state index in [1.807, 2.05) is 12.1 Å². The van der Waals surface area contributed by atoms with E-state index in [4.69, 9.17) is 0 Å². The molecule has 0 aliphatic heterocycles. The summed E-state index contributed by atoms with van der Waals surface area (Å²) in [5.74, 6) is 0.154. The van der Waals surface area contributed by atoms with Gasteiger partial charge in [0.15, 0.2) is 4.34 Å². The van der Waals surface area contributed by atoms with Gasteiger partial charge in [0.25, 0.3) is 0 Å². The first kappa shape index (κ1) is 21.2. The highest BCUT2D eigenvalue weighted by Crippen LogP contribution is 2.28. The van der Waals surface area contributed by atoms with Crippen molar-refractivity contribution in [3.63, 3.8) is 0 Å². The van der Waals surface area contributed by atoms with Gasteiger partial charge < -0.3 is 0 Å². The van der Waals surface area contributed by atoms with Crippen molar-refractivity contribution in [2.75, 3.05) is 5.32 Å². The second kappa shape index (κ2) is 9.33. The maximum Gasteiger partial charge on any atom is 0.250 e. The van der Waals surface area contributed by atoms with Gasteiger partial charge in [-0.1, -0.05) is 80.3 Å². The molecule has 3 rings (SSSR count). The molecule has 0 atom stereocenters. The molecule has 1 amide bonds. The smallest absolute Gasteiger partial charge is 0.250 e. The lowest BCUT2D eigenvalue weighted by Gasteiger charge is -2.18. The number of thioether (sulfide) groups is 1. The summed E-state index contributed by atoms with van der Waals surface area (Å²) >= 11 is 2.80. The van der Waals surface area contributed by atoms with E-state index in [2.05, 4.69) is 48.4 Å². The van der Waals surface area contributed by atoms with Crippen LogP contribution in [-0.2, 0) is 16.0 Å². The number of nitrogens with zero attached hydrogens (tertiary/aromatic N) is 2. The average Bonchev–Trinajstić information content (AvgIpc) is 3.13. The lowest BCUT2D eigenvalue weighted by atomic mass is 9.87. The number of aromatic nitrogens is 2. The minimum Gasteiger partial charge on any atom is -0.297 e. The van der Waals surface area contributed by atoms with Gasteiger partial charge >= 0.3 is 0 Å². The average molecular weight is 428 g/mol. The van der Waals surface area contributed by atoms with Gasteiger partial charge in [0, 0.05) is 11.8 Å². The van der Waals surface area contributed by atoms with Crippen LogP contribution < -0.4 is 5.32 Å². The summed E-state index contributed by atoms with van der Waals surface area (Å²) in [4.78, 5) is 12.1. The molecule has 0 unspecified atom stereocenters. The van der Waals surface area contributed by atoms with E-state index in [9.17, 15) is 9.18 Å². The van der Waals surface area contributed by atoms with E-state index >= 15 is 0 Å². The minimum absolute atomic E-state index is 0.101. The first-order valence-electron chi connectivity index (χ1n) is 9.10. The summed E-state index contributed by atoms with van der Waals surface area (Å²) < 4.78 is 13.7. The van der Waals surface area contributed by atoms with Crippen LogP contribution in [-0.4, -0.2) is 16.1 Å². The molecule has 0 spiro atoms. The Morgan fingerprint density at radius 2 is 1.79 bits per heavy atom. The summed E-state index contributed by atoms with van der Waals surface area (Å²) in [6.45, 7) is 6.50. The van der Waals surface area contributed by atoms with Crippen molar-refractivity contribution in [2.24, 2.45) is 0 Å². The van der Waals surface area contributed by atoms with Crippen molar-refractivity contribution in [3.8, 4) is 0 Å². The van der Waals surface area contributed by atoms with Gasteiger partial charge in [0.05, 0.1) is 0 Å². The van der Waals surface area contributed by atoms with Crippen LogP contribution in [0.1, 0.15) is 37.5 Å². The highest BCUT2D eigenvalue weighted by molar-refractivity contribution is 8.00. The molecule has 1 aromatic heterocycles. The Kier molecular flexibility index (Phi) is 6.82. The number of anilines is 1. The molecule has 0 saturated carbocycles. The van der Waals surface area contributed by atoms with Crippen LogP contribution in [0.25, 0.3) is 6.08 Å². The fourth-order valence-corrected chi connectivity index (χ4v) is 4.17. The van der Waals surface area contributed by atoms with E-state index in [0.29, 0.717) is 10.9 Å². The van der Waals surface area contributed by atoms with Gasteiger partial charge in [-0.05, 0) is 40.3 Å². The monoisotopic (exact) mass is 427 g/mol. The zero-order valence-electron chi connectivity index (χ0n) is 16.5. The van der Waals surface area contributed by atoms with Crippen molar-refractivity contribution in [1.29, 1.82) is 0 Å².